The third kappa shape index (κ3) is 5.39. The van der Waals surface area contributed by atoms with Crippen molar-refractivity contribution in [2.24, 2.45) is 0 Å². The summed E-state index contributed by atoms with van der Waals surface area (Å²) >= 11 is 0. The second-order valence-electron chi connectivity index (χ2n) is 6.97. The fraction of sp³-hybridized carbons (Fsp3) is 0.273. The van der Waals surface area contributed by atoms with Crippen LogP contribution in [0, 0.1) is 0 Å². The van der Waals surface area contributed by atoms with E-state index < -0.39 is 0 Å². The number of nitrogens with zero attached hydrogens (tertiary/aromatic N) is 5. The minimum atomic E-state index is -0.357. The maximum absolute atomic E-state index is 12.2. The first kappa shape index (κ1) is 20.4. The molecule has 0 radical (unpaired) electrons. The van der Waals surface area contributed by atoms with Crippen LogP contribution in [0.5, 0.6) is 5.75 Å². The van der Waals surface area contributed by atoms with Gasteiger partial charge in [-0.3, -0.25) is 0 Å². The van der Waals surface area contributed by atoms with E-state index in [1.165, 1.54) is 0 Å². The summed E-state index contributed by atoms with van der Waals surface area (Å²) in [7, 11) is 0. The minimum Gasteiger partial charge on any atom is -0.494 e. The number of nitrogens with one attached hydrogen (secondary N) is 2. The predicted molar refractivity (Wildman–Crippen MR) is 121 cm³/mol. The van der Waals surface area contributed by atoms with Crippen LogP contribution in [0.3, 0.4) is 0 Å². The van der Waals surface area contributed by atoms with E-state index >= 15 is 0 Å². The molecule has 0 unspecified atom stereocenters. The summed E-state index contributed by atoms with van der Waals surface area (Å²) in [4.78, 5) is 29.8. The maximum Gasteiger partial charge on any atom is 0.323 e. The number of anilines is 4. The average Bonchev–Trinajstić information content (AvgIpc) is 2.82. The molecule has 0 bridgehead atoms. The number of carbonyl (C=O) groups is 1. The molecule has 0 spiro atoms. The number of piperazine rings is 1. The fourth-order valence-corrected chi connectivity index (χ4v) is 3.32. The molecule has 1 aliphatic rings. The number of rotatable bonds is 6. The highest BCUT2D eigenvalue weighted by molar-refractivity contribution is 5.99. The lowest BCUT2D eigenvalue weighted by molar-refractivity contribution is 0.262. The number of amides is 2. The molecule has 0 saturated carbocycles. The fourth-order valence-electron chi connectivity index (χ4n) is 3.32. The molecular weight excluding hydrogens is 394 g/mol. The van der Waals surface area contributed by atoms with Crippen molar-refractivity contribution in [1.29, 1.82) is 0 Å². The molecule has 3 heterocycles. The van der Waals surface area contributed by atoms with Crippen LogP contribution in [0.25, 0.3) is 0 Å². The monoisotopic (exact) mass is 419 g/mol. The van der Waals surface area contributed by atoms with Gasteiger partial charge in [0.25, 0.3) is 0 Å². The number of hydrogen-bond acceptors (Lipinski definition) is 7. The van der Waals surface area contributed by atoms with Gasteiger partial charge in [0, 0.05) is 38.1 Å². The van der Waals surface area contributed by atoms with Crippen molar-refractivity contribution in [3.63, 3.8) is 0 Å². The van der Waals surface area contributed by atoms with Crippen LogP contribution in [-0.2, 0) is 0 Å². The lowest BCUT2D eigenvalue weighted by Crippen LogP contribution is -2.47. The van der Waals surface area contributed by atoms with Crippen molar-refractivity contribution < 1.29 is 9.53 Å². The third-order valence-corrected chi connectivity index (χ3v) is 4.86. The van der Waals surface area contributed by atoms with E-state index in [0.29, 0.717) is 23.9 Å². The SMILES string of the molecule is CCOc1ccc(NC(=O)Nc2cnc(N3CCN(c4ccccn4)CC3)nc2)cc1. The van der Waals surface area contributed by atoms with Crippen molar-refractivity contribution in [3.05, 3.63) is 61.1 Å². The van der Waals surface area contributed by atoms with Crippen molar-refractivity contribution >= 4 is 29.2 Å². The molecule has 9 heteroatoms. The first-order chi connectivity index (χ1) is 15.2. The summed E-state index contributed by atoms with van der Waals surface area (Å²) in [6.45, 7) is 5.84. The largest absolute Gasteiger partial charge is 0.494 e. The number of pyridine rings is 1. The van der Waals surface area contributed by atoms with Crippen molar-refractivity contribution in [2.75, 3.05) is 53.2 Å². The number of ether oxygens (including phenoxy) is 1. The molecule has 2 aromatic heterocycles. The Labute approximate surface area is 181 Å². The Hall–Kier alpha value is -3.88. The van der Waals surface area contributed by atoms with E-state index in [-0.39, 0.29) is 6.03 Å². The van der Waals surface area contributed by atoms with Crippen LogP contribution >= 0.6 is 0 Å². The van der Waals surface area contributed by atoms with Gasteiger partial charge < -0.3 is 25.2 Å². The second kappa shape index (κ2) is 9.75. The van der Waals surface area contributed by atoms with Crippen LogP contribution in [0.4, 0.5) is 27.9 Å². The van der Waals surface area contributed by atoms with Gasteiger partial charge in [-0.15, -0.1) is 0 Å². The smallest absolute Gasteiger partial charge is 0.323 e. The Morgan fingerprint density at radius 1 is 0.903 bits per heavy atom. The molecule has 1 aromatic carbocycles. The summed E-state index contributed by atoms with van der Waals surface area (Å²) in [6.07, 6.45) is 5.04. The first-order valence-electron chi connectivity index (χ1n) is 10.2. The third-order valence-electron chi connectivity index (χ3n) is 4.86. The van der Waals surface area contributed by atoms with E-state index in [2.05, 4.69) is 35.4 Å². The number of urea groups is 1. The van der Waals surface area contributed by atoms with Crippen LogP contribution < -0.4 is 25.2 Å². The molecule has 2 N–H and O–H groups in total. The number of carbonyl (C=O) groups excluding carboxylic acids is 1. The van der Waals surface area contributed by atoms with E-state index in [9.17, 15) is 4.79 Å². The second-order valence-corrected chi connectivity index (χ2v) is 6.97. The van der Waals surface area contributed by atoms with Gasteiger partial charge in [-0.1, -0.05) is 6.07 Å². The molecule has 160 valence electrons. The molecule has 1 saturated heterocycles. The zero-order chi connectivity index (χ0) is 21.5. The first-order valence-corrected chi connectivity index (χ1v) is 10.2. The molecule has 1 aliphatic heterocycles. The highest BCUT2D eigenvalue weighted by atomic mass is 16.5. The average molecular weight is 419 g/mol. The predicted octanol–water partition coefficient (Wildman–Crippen LogP) is 3.24. The van der Waals surface area contributed by atoms with E-state index in [1.54, 1.807) is 24.5 Å². The van der Waals surface area contributed by atoms with Crippen LogP contribution in [0.2, 0.25) is 0 Å². The van der Waals surface area contributed by atoms with E-state index in [4.69, 9.17) is 4.74 Å². The molecule has 2 amide bonds. The number of hydrogen-bond donors (Lipinski definition) is 2. The van der Waals surface area contributed by atoms with Gasteiger partial charge in [0.05, 0.1) is 24.7 Å². The highest BCUT2D eigenvalue weighted by Gasteiger charge is 2.19. The highest BCUT2D eigenvalue weighted by Crippen LogP contribution is 2.18. The quantitative estimate of drug-likeness (QED) is 0.633. The topological polar surface area (TPSA) is 95.5 Å². The minimum absolute atomic E-state index is 0.357. The van der Waals surface area contributed by atoms with E-state index in [1.807, 2.05) is 43.5 Å². The Kier molecular flexibility index (Phi) is 6.41. The Morgan fingerprint density at radius 3 is 2.23 bits per heavy atom. The normalized spacial score (nSPS) is 13.6. The van der Waals surface area contributed by atoms with Gasteiger partial charge in [-0.2, -0.15) is 0 Å². The van der Waals surface area contributed by atoms with Crippen LogP contribution in [0.1, 0.15) is 6.92 Å². The van der Waals surface area contributed by atoms with E-state index in [0.717, 1.165) is 37.7 Å². The molecular formula is C22H25N7O2. The molecule has 1 fully saturated rings. The molecule has 9 nitrogen and oxygen atoms in total. The Bertz CT molecular complexity index is 973. The summed E-state index contributed by atoms with van der Waals surface area (Å²) in [5.74, 6) is 2.40. The molecule has 31 heavy (non-hydrogen) atoms. The molecule has 4 rings (SSSR count). The number of benzene rings is 1. The van der Waals surface area contributed by atoms with Gasteiger partial charge >= 0.3 is 6.03 Å². The standard InChI is InChI=1S/C22H25N7O2/c1-2-31-19-8-6-17(7-9-19)26-22(30)27-18-15-24-21(25-16-18)29-13-11-28(12-14-29)20-5-3-4-10-23-20/h3-10,15-16H,2,11-14H2,1H3,(H2,26,27,30). The zero-order valence-electron chi connectivity index (χ0n) is 17.4. The molecule has 3 aromatic rings. The summed E-state index contributed by atoms with van der Waals surface area (Å²) < 4.78 is 5.40. The van der Waals surface area contributed by atoms with Crippen LogP contribution in [0.15, 0.2) is 61.1 Å². The van der Waals surface area contributed by atoms with Gasteiger partial charge in [-0.05, 0) is 43.3 Å². The summed E-state index contributed by atoms with van der Waals surface area (Å²) in [5, 5.41) is 5.52. The van der Waals surface area contributed by atoms with Crippen molar-refractivity contribution in [2.45, 2.75) is 6.92 Å². The lowest BCUT2D eigenvalue weighted by atomic mass is 10.3. The Morgan fingerprint density at radius 2 is 1.58 bits per heavy atom. The molecule has 0 atom stereocenters. The Balaban J connectivity index is 1.28. The van der Waals surface area contributed by atoms with Gasteiger partial charge in [0.2, 0.25) is 5.95 Å². The summed E-state index contributed by atoms with van der Waals surface area (Å²) in [5.41, 5.74) is 1.20. The van der Waals surface area contributed by atoms with Crippen LogP contribution in [-0.4, -0.2) is 53.8 Å². The number of aromatic nitrogens is 3. The lowest BCUT2D eigenvalue weighted by Gasteiger charge is -2.35. The van der Waals surface area contributed by atoms with Gasteiger partial charge in [-0.25, -0.2) is 19.7 Å². The molecule has 0 aliphatic carbocycles. The zero-order valence-corrected chi connectivity index (χ0v) is 17.4. The van der Waals surface area contributed by atoms with Crippen molar-refractivity contribution in [1.82, 2.24) is 15.0 Å². The summed E-state index contributed by atoms with van der Waals surface area (Å²) in [6, 6.07) is 12.8. The van der Waals surface area contributed by atoms with Gasteiger partial charge in [0.1, 0.15) is 11.6 Å². The van der Waals surface area contributed by atoms with Crippen molar-refractivity contribution in [3.8, 4) is 5.75 Å². The maximum atomic E-state index is 12.2. The van der Waals surface area contributed by atoms with Gasteiger partial charge in [0.15, 0.2) is 0 Å².